The van der Waals surface area contributed by atoms with Crippen molar-refractivity contribution in [2.45, 2.75) is 49.9 Å². The van der Waals surface area contributed by atoms with Crippen molar-refractivity contribution >= 4 is 43.3 Å². The zero-order valence-electron chi connectivity index (χ0n) is 27.2. The Balaban J connectivity index is 1.62. The Morgan fingerprint density at radius 2 is 1.56 bits per heavy atom. The van der Waals surface area contributed by atoms with E-state index in [0.29, 0.717) is 39.3 Å². The lowest BCUT2D eigenvalue weighted by Crippen LogP contribution is -2.42. The second kappa shape index (κ2) is 13.3. The van der Waals surface area contributed by atoms with Crippen LogP contribution in [0.5, 0.6) is 5.75 Å². The Labute approximate surface area is 280 Å². The molecule has 0 spiro atoms. The number of benzene rings is 4. The summed E-state index contributed by atoms with van der Waals surface area (Å²) >= 11 is 0. The molecule has 1 amide bonds. The van der Waals surface area contributed by atoms with Gasteiger partial charge in [0.2, 0.25) is 0 Å². The maximum atomic E-state index is 14.3. The maximum absolute atomic E-state index is 14.3. The van der Waals surface area contributed by atoms with Gasteiger partial charge in [-0.15, -0.1) is 0 Å². The van der Waals surface area contributed by atoms with Crippen LogP contribution < -0.4 is 18.7 Å². The number of methoxy groups -OCH3 is 1. The van der Waals surface area contributed by atoms with Crippen molar-refractivity contribution in [2.75, 3.05) is 29.4 Å². The average Bonchev–Trinajstić information content (AvgIpc) is 3.43. The third-order valence-corrected chi connectivity index (χ3v) is 11.7. The van der Waals surface area contributed by atoms with Crippen LogP contribution in [0.4, 0.5) is 11.4 Å². The molecule has 13 heteroatoms. The largest absolute Gasteiger partial charge is 0.497 e. The van der Waals surface area contributed by atoms with Crippen molar-refractivity contribution in [3.63, 3.8) is 0 Å². The molecule has 0 fully saturated rings. The Bertz CT molecular complexity index is 2110. The zero-order chi connectivity index (χ0) is 35.0. The number of carbonyl (C=O) groups is 2. The molecule has 0 saturated heterocycles. The number of carbonyl (C=O) groups excluding carboxylic acids is 1. The van der Waals surface area contributed by atoms with Gasteiger partial charge in [0, 0.05) is 17.8 Å². The summed E-state index contributed by atoms with van der Waals surface area (Å²) < 4.78 is 63.8. The number of aliphatic carboxylic acids is 1. The highest BCUT2D eigenvalue weighted by molar-refractivity contribution is 7.93. The molecular formula is C35H37N3O8S2. The van der Waals surface area contributed by atoms with Crippen LogP contribution in [0.15, 0.2) is 88.7 Å². The molecule has 1 aliphatic rings. The minimum atomic E-state index is -4.36. The first-order valence-electron chi connectivity index (χ1n) is 15.1. The number of nitrogens with zero attached hydrogens (tertiary/aromatic N) is 2. The summed E-state index contributed by atoms with van der Waals surface area (Å²) in [5.74, 6) is -1.73. The van der Waals surface area contributed by atoms with Gasteiger partial charge < -0.3 is 14.7 Å². The number of amides is 1. The Morgan fingerprint density at radius 1 is 0.896 bits per heavy atom. The standard InChI is InChI=1S/C35H37N3O8S2/c1-22-9-6-12-28(19-22)47(42,43)36-35(41)33(26-10-7-11-27(20-26)46-5)37-16-15-29-30(37)13-8-14-31(29)38(21-32(39)40)48(44,45)34-24(3)17-23(2)18-25(34)4/h6-14,17-20,33H,15-16,21H2,1-5H3,(H,36,41)(H,39,40). The van der Waals surface area contributed by atoms with Crippen molar-refractivity contribution in [2.24, 2.45) is 0 Å². The van der Waals surface area contributed by atoms with E-state index in [4.69, 9.17) is 4.74 Å². The molecule has 1 unspecified atom stereocenters. The smallest absolute Gasteiger partial charge is 0.324 e. The van der Waals surface area contributed by atoms with Gasteiger partial charge in [-0.25, -0.2) is 21.6 Å². The number of aryl methyl sites for hydroxylation is 4. The van der Waals surface area contributed by atoms with Gasteiger partial charge in [0.15, 0.2) is 0 Å². The summed E-state index contributed by atoms with van der Waals surface area (Å²) in [6.45, 7) is 6.31. The topological polar surface area (TPSA) is 150 Å². The highest BCUT2D eigenvalue weighted by Gasteiger charge is 2.38. The van der Waals surface area contributed by atoms with E-state index in [1.54, 1.807) is 92.4 Å². The lowest BCUT2D eigenvalue weighted by molar-refractivity contribution is -0.135. The molecule has 0 saturated carbocycles. The summed E-state index contributed by atoms with van der Waals surface area (Å²) in [6.07, 6.45) is 0.251. The molecule has 252 valence electrons. The normalized spacial score (nSPS) is 13.5. The number of ether oxygens (including phenoxy) is 1. The van der Waals surface area contributed by atoms with Crippen LogP contribution in [0.1, 0.15) is 39.4 Å². The number of fused-ring (bicyclic) bond motifs is 1. The van der Waals surface area contributed by atoms with E-state index in [1.807, 2.05) is 6.92 Å². The first-order chi connectivity index (χ1) is 22.6. The summed E-state index contributed by atoms with van der Waals surface area (Å²) in [7, 11) is -7.15. The van der Waals surface area contributed by atoms with E-state index in [2.05, 4.69) is 4.72 Å². The molecular weight excluding hydrogens is 655 g/mol. The first-order valence-corrected chi connectivity index (χ1v) is 18.0. The van der Waals surface area contributed by atoms with E-state index < -0.39 is 44.5 Å². The van der Waals surface area contributed by atoms with Gasteiger partial charge in [0.25, 0.3) is 26.0 Å². The van der Waals surface area contributed by atoms with Crippen molar-refractivity contribution < 1.29 is 36.3 Å². The molecule has 11 nitrogen and oxygen atoms in total. The van der Waals surface area contributed by atoms with E-state index >= 15 is 0 Å². The van der Waals surface area contributed by atoms with Crippen molar-refractivity contribution in [1.82, 2.24) is 4.72 Å². The third kappa shape index (κ3) is 6.74. The number of rotatable bonds is 11. The molecule has 1 heterocycles. The summed E-state index contributed by atoms with van der Waals surface area (Å²) in [5.41, 5.74) is 4.12. The number of carboxylic acids is 1. The lowest BCUT2D eigenvalue weighted by atomic mass is 10.0. The summed E-state index contributed by atoms with van der Waals surface area (Å²) in [4.78, 5) is 27.8. The molecule has 0 aromatic heterocycles. The fourth-order valence-electron chi connectivity index (χ4n) is 6.36. The highest BCUT2D eigenvalue weighted by Crippen LogP contribution is 2.42. The highest BCUT2D eigenvalue weighted by atomic mass is 32.2. The predicted molar refractivity (Wildman–Crippen MR) is 183 cm³/mol. The number of nitrogens with one attached hydrogen (secondary N) is 1. The minimum Gasteiger partial charge on any atom is -0.497 e. The van der Waals surface area contributed by atoms with Gasteiger partial charge in [-0.3, -0.25) is 13.9 Å². The van der Waals surface area contributed by atoms with E-state index in [9.17, 15) is 31.5 Å². The molecule has 0 bridgehead atoms. The van der Waals surface area contributed by atoms with Crippen LogP contribution in [-0.4, -0.2) is 54.0 Å². The number of hydrogen-bond donors (Lipinski definition) is 2. The monoisotopic (exact) mass is 691 g/mol. The van der Waals surface area contributed by atoms with Gasteiger partial charge in [-0.2, -0.15) is 0 Å². The van der Waals surface area contributed by atoms with Gasteiger partial charge in [0.1, 0.15) is 18.3 Å². The quantitative estimate of drug-likeness (QED) is 0.226. The summed E-state index contributed by atoms with van der Waals surface area (Å²) in [5, 5.41) is 9.88. The molecule has 0 radical (unpaired) electrons. The average molecular weight is 692 g/mol. The van der Waals surface area contributed by atoms with Gasteiger partial charge >= 0.3 is 5.97 Å². The molecule has 4 aromatic rings. The fraction of sp³-hybridized carbons (Fsp3) is 0.257. The first kappa shape index (κ1) is 34.5. The number of carboxylic acid groups (broad SMARTS) is 1. The van der Waals surface area contributed by atoms with Crippen LogP contribution in [0.3, 0.4) is 0 Å². The molecule has 4 aromatic carbocycles. The SMILES string of the molecule is COc1cccc(C(C(=O)NS(=O)(=O)c2cccc(C)c2)N2CCc3c2cccc3N(CC(=O)O)S(=O)(=O)c2c(C)cc(C)cc2C)c1. The second-order valence-electron chi connectivity index (χ2n) is 11.8. The number of hydrogen-bond acceptors (Lipinski definition) is 8. The number of sulfonamides is 2. The fourth-order valence-corrected chi connectivity index (χ4v) is 9.32. The maximum Gasteiger partial charge on any atom is 0.324 e. The molecule has 48 heavy (non-hydrogen) atoms. The van der Waals surface area contributed by atoms with Crippen LogP contribution >= 0.6 is 0 Å². The molecule has 0 aliphatic carbocycles. The van der Waals surface area contributed by atoms with E-state index in [0.717, 1.165) is 9.87 Å². The lowest BCUT2D eigenvalue weighted by Gasteiger charge is -2.31. The minimum absolute atomic E-state index is 0.0248. The van der Waals surface area contributed by atoms with E-state index in [1.165, 1.54) is 19.2 Å². The Kier molecular flexibility index (Phi) is 9.56. The zero-order valence-corrected chi connectivity index (χ0v) is 28.9. The molecule has 1 atom stereocenters. The predicted octanol–water partition coefficient (Wildman–Crippen LogP) is 4.82. The van der Waals surface area contributed by atoms with Crippen LogP contribution in [-0.2, 0) is 36.1 Å². The van der Waals surface area contributed by atoms with Crippen LogP contribution in [0, 0.1) is 27.7 Å². The van der Waals surface area contributed by atoms with Gasteiger partial charge in [-0.1, -0.05) is 48.0 Å². The number of anilines is 2. The van der Waals surface area contributed by atoms with Crippen LogP contribution in [0.2, 0.25) is 0 Å². The third-order valence-electron chi connectivity index (χ3n) is 8.24. The van der Waals surface area contributed by atoms with Gasteiger partial charge in [0.05, 0.1) is 22.6 Å². The Morgan fingerprint density at radius 3 is 2.21 bits per heavy atom. The summed E-state index contributed by atoms with van der Waals surface area (Å²) in [6, 6.07) is 20.0. The molecule has 2 N–H and O–H groups in total. The van der Waals surface area contributed by atoms with Crippen LogP contribution in [0.25, 0.3) is 0 Å². The van der Waals surface area contributed by atoms with Crippen molar-refractivity contribution in [1.29, 1.82) is 0 Å². The van der Waals surface area contributed by atoms with Crippen molar-refractivity contribution in [3.8, 4) is 5.75 Å². The van der Waals surface area contributed by atoms with E-state index in [-0.39, 0.29) is 28.4 Å². The molecule has 5 rings (SSSR count). The molecule has 1 aliphatic heterocycles. The van der Waals surface area contributed by atoms with Gasteiger partial charge in [-0.05, 0) is 92.8 Å². The van der Waals surface area contributed by atoms with Crippen molar-refractivity contribution in [3.05, 3.63) is 112 Å². The second-order valence-corrected chi connectivity index (χ2v) is 15.3. The Hall–Kier alpha value is -4.88.